The van der Waals surface area contributed by atoms with Crippen LogP contribution in [0.1, 0.15) is 5.56 Å². The molecule has 0 spiro atoms. The molecule has 2 aromatic carbocycles. The van der Waals surface area contributed by atoms with Crippen molar-refractivity contribution >= 4 is 21.7 Å². The molecule has 1 aliphatic rings. The average Bonchev–Trinajstić information content (AvgIpc) is 3.24. The van der Waals surface area contributed by atoms with Gasteiger partial charge in [0.2, 0.25) is 10.0 Å². The topological polar surface area (TPSA) is 131 Å². The van der Waals surface area contributed by atoms with Gasteiger partial charge >= 0.3 is 6.03 Å². The minimum atomic E-state index is -3.54. The fourth-order valence-corrected chi connectivity index (χ4v) is 4.69. The Labute approximate surface area is 185 Å². The third-order valence-corrected chi connectivity index (χ3v) is 6.90. The molecule has 4 rings (SSSR count). The van der Waals surface area contributed by atoms with E-state index in [1.165, 1.54) is 4.31 Å². The largest absolute Gasteiger partial charge is 0.379 e. The molecule has 32 heavy (non-hydrogen) atoms. The van der Waals surface area contributed by atoms with E-state index in [4.69, 9.17) is 4.74 Å². The summed E-state index contributed by atoms with van der Waals surface area (Å²) in [5.41, 5.74) is 2.14. The van der Waals surface area contributed by atoms with Crippen LogP contribution in [0.4, 0.5) is 10.5 Å². The lowest BCUT2D eigenvalue weighted by atomic mass is 10.2. The maximum Gasteiger partial charge on any atom is 0.319 e. The molecule has 1 fully saturated rings. The number of anilines is 1. The van der Waals surface area contributed by atoms with Crippen molar-refractivity contribution in [2.24, 2.45) is 7.05 Å². The Kier molecular flexibility index (Phi) is 6.44. The van der Waals surface area contributed by atoms with E-state index in [-0.39, 0.29) is 17.5 Å². The third kappa shape index (κ3) is 4.93. The van der Waals surface area contributed by atoms with E-state index in [1.807, 2.05) is 6.07 Å². The van der Waals surface area contributed by atoms with Gasteiger partial charge in [-0.15, -0.1) is 5.10 Å². The molecule has 12 heteroatoms. The highest BCUT2D eigenvalue weighted by Gasteiger charge is 2.26. The van der Waals surface area contributed by atoms with Gasteiger partial charge < -0.3 is 15.4 Å². The van der Waals surface area contributed by atoms with E-state index >= 15 is 0 Å². The van der Waals surface area contributed by atoms with Gasteiger partial charge in [-0.1, -0.05) is 24.3 Å². The number of carbonyl (C=O) groups is 1. The van der Waals surface area contributed by atoms with E-state index in [0.29, 0.717) is 37.8 Å². The zero-order valence-corrected chi connectivity index (χ0v) is 18.2. The average molecular weight is 458 g/mol. The molecule has 168 valence electrons. The summed E-state index contributed by atoms with van der Waals surface area (Å²) in [6.45, 7) is 1.74. The molecule has 0 unspecified atom stereocenters. The molecule has 1 aromatic heterocycles. The number of tetrazole rings is 1. The first-order valence-corrected chi connectivity index (χ1v) is 11.4. The number of morpholine rings is 1. The van der Waals surface area contributed by atoms with Crippen LogP contribution in [0.15, 0.2) is 53.4 Å². The first-order chi connectivity index (χ1) is 15.4. The van der Waals surface area contributed by atoms with Gasteiger partial charge in [0.15, 0.2) is 5.82 Å². The number of benzene rings is 2. The second-order valence-electron chi connectivity index (χ2n) is 7.17. The highest BCUT2D eigenvalue weighted by atomic mass is 32.2. The number of rotatable bonds is 6. The molecule has 2 heterocycles. The van der Waals surface area contributed by atoms with E-state index in [0.717, 1.165) is 11.1 Å². The van der Waals surface area contributed by atoms with Crippen molar-refractivity contribution in [3.8, 4) is 11.4 Å². The SMILES string of the molecule is Cn1nnnc1-c1cccc(NC(=O)NCc2ccc(S(=O)(=O)N3CCOCC3)cc2)c1. The Balaban J connectivity index is 1.34. The van der Waals surface area contributed by atoms with Crippen molar-refractivity contribution in [2.45, 2.75) is 11.4 Å². The summed E-state index contributed by atoms with van der Waals surface area (Å²) < 4.78 is 33.5. The maximum atomic E-state index is 12.7. The quantitative estimate of drug-likeness (QED) is 0.569. The molecular formula is C20H23N7O4S. The highest BCUT2D eigenvalue weighted by molar-refractivity contribution is 7.89. The summed E-state index contributed by atoms with van der Waals surface area (Å²) in [5, 5.41) is 16.9. The number of hydrogen-bond donors (Lipinski definition) is 2. The molecule has 2 amide bonds. The minimum Gasteiger partial charge on any atom is -0.379 e. The number of nitrogens with zero attached hydrogens (tertiary/aromatic N) is 5. The molecule has 0 atom stereocenters. The van der Waals surface area contributed by atoms with Crippen molar-refractivity contribution in [1.29, 1.82) is 0 Å². The van der Waals surface area contributed by atoms with E-state index < -0.39 is 10.0 Å². The number of sulfonamides is 1. The van der Waals surface area contributed by atoms with Crippen LogP contribution in [0.3, 0.4) is 0 Å². The maximum absolute atomic E-state index is 12.7. The van der Waals surface area contributed by atoms with Gasteiger partial charge in [0.05, 0.1) is 18.1 Å². The fourth-order valence-electron chi connectivity index (χ4n) is 3.28. The molecule has 3 aromatic rings. The lowest BCUT2D eigenvalue weighted by molar-refractivity contribution is 0.0730. The zero-order valence-electron chi connectivity index (χ0n) is 17.4. The van der Waals surface area contributed by atoms with Gasteiger partial charge in [-0.05, 0) is 40.3 Å². The Bertz CT molecular complexity index is 1190. The molecular weight excluding hydrogens is 434 g/mol. The lowest BCUT2D eigenvalue weighted by Gasteiger charge is -2.26. The normalized spacial score (nSPS) is 14.8. The number of ether oxygens (including phenoxy) is 1. The summed E-state index contributed by atoms with van der Waals surface area (Å²) >= 11 is 0. The smallest absolute Gasteiger partial charge is 0.319 e. The number of carbonyl (C=O) groups excluding carboxylic acids is 1. The van der Waals surface area contributed by atoms with Crippen LogP contribution in [-0.2, 0) is 28.4 Å². The zero-order chi connectivity index (χ0) is 22.6. The number of hydrogen-bond acceptors (Lipinski definition) is 7. The van der Waals surface area contributed by atoms with Gasteiger partial charge in [0.1, 0.15) is 0 Å². The Morgan fingerprint density at radius 1 is 1.12 bits per heavy atom. The number of urea groups is 1. The van der Waals surface area contributed by atoms with Gasteiger partial charge in [-0.2, -0.15) is 4.31 Å². The lowest BCUT2D eigenvalue weighted by Crippen LogP contribution is -2.40. The predicted molar refractivity (Wildman–Crippen MR) is 116 cm³/mol. The molecule has 0 aliphatic carbocycles. The van der Waals surface area contributed by atoms with Crippen LogP contribution in [0.25, 0.3) is 11.4 Å². The van der Waals surface area contributed by atoms with Crippen LogP contribution in [0.5, 0.6) is 0 Å². The van der Waals surface area contributed by atoms with Crippen LogP contribution >= 0.6 is 0 Å². The fraction of sp³-hybridized carbons (Fsp3) is 0.300. The Morgan fingerprint density at radius 3 is 2.56 bits per heavy atom. The molecule has 2 N–H and O–H groups in total. The van der Waals surface area contributed by atoms with Crippen LogP contribution in [0.2, 0.25) is 0 Å². The summed E-state index contributed by atoms with van der Waals surface area (Å²) in [6.07, 6.45) is 0. The summed E-state index contributed by atoms with van der Waals surface area (Å²) in [7, 11) is -1.80. The summed E-state index contributed by atoms with van der Waals surface area (Å²) in [6, 6.07) is 13.3. The first kappa shape index (κ1) is 21.9. The monoisotopic (exact) mass is 457 g/mol. The van der Waals surface area contributed by atoms with Crippen molar-refractivity contribution in [3.63, 3.8) is 0 Å². The van der Waals surface area contributed by atoms with E-state index in [2.05, 4.69) is 26.2 Å². The van der Waals surface area contributed by atoms with Crippen molar-refractivity contribution in [1.82, 2.24) is 29.8 Å². The van der Waals surface area contributed by atoms with Gasteiger partial charge in [0, 0.05) is 37.9 Å². The van der Waals surface area contributed by atoms with Crippen LogP contribution in [0, 0.1) is 0 Å². The second-order valence-corrected chi connectivity index (χ2v) is 9.11. The van der Waals surface area contributed by atoms with Crippen LogP contribution < -0.4 is 10.6 Å². The van der Waals surface area contributed by atoms with Crippen molar-refractivity contribution in [3.05, 3.63) is 54.1 Å². The number of aryl methyl sites for hydroxylation is 1. The van der Waals surface area contributed by atoms with Crippen molar-refractivity contribution < 1.29 is 17.9 Å². The molecule has 1 aliphatic heterocycles. The number of amides is 2. The minimum absolute atomic E-state index is 0.225. The standard InChI is InChI=1S/C20H23N7O4S/c1-26-19(23-24-25-26)16-3-2-4-17(13-16)22-20(28)21-14-15-5-7-18(8-6-15)32(29,30)27-9-11-31-12-10-27/h2-8,13H,9-12,14H2,1H3,(H2,21,22,28). The number of aromatic nitrogens is 4. The second kappa shape index (κ2) is 9.42. The summed E-state index contributed by atoms with van der Waals surface area (Å²) in [5.74, 6) is 0.584. The van der Waals surface area contributed by atoms with E-state index in [1.54, 1.807) is 54.2 Å². The predicted octanol–water partition coefficient (Wildman–Crippen LogP) is 1.22. The molecule has 1 saturated heterocycles. The first-order valence-electron chi connectivity index (χ1n) is 9.98. The number of nitrogens with one attached hydrogen (secondary N) is 2. The van der Waals surface area contributed by atoms with Crippen LogP contribution in [-0.4, -0.2) is 65.3 Å². The third-order valence-electron chi connectivity index (χ3n) is 4.98. The van der Waals surface area contributed by atoms with Gasteiger partial charge in [-0.3, -0.25) is 0 Å². The Hall–Kier alpha value is -3.35. The molecule has 11 nitrogen and oxygen atoms in total. The highest BCUT2D eigenvalue weighted by Crippen LogP contribution is 2.20. The summed E-state index contributed by atoms with van der Waals surface area (Å²) in [4.78, 5) is 12.5. The molecule has 0 bridgehead atoms. The molecule has 0 saturated carbocycles. The van der Waals surface area contributed by atoms with Crippen molar-refractivity contribution in [2.75, 3.05) is 31.6 Å². The van der Waals surface area contributed by atoms with Gasteiger partial charge in [0.25, 0.3) is 0 Å². The van der Waals surface area contributed by atoms with Gasteiger partial charge in [-0.25, -0.2) is 17.9 Å². The Morgan fingerprint density at radius 2 is 1.88 bits per heavy atom. The molecule has 0 radical (unpaired) electrons. The van der Waals surface area contributed by atoms with E-state index in [9.17, 15) is 13.2 Å².